The second kappa shape index (κ2) is 14.2. The van der Waals surface area contributed by atoms with Crippen LogP contribution >= 0.6 is 0 Å². The van der Waals surface area contributed by atoms with E-state index in [0.717, 1.165) is 56.4 Å². The highest BCUT2D eigenvalue weighted by molar-refractivity contribution is 6.10. The van der Waals surface area contributed by atoms with Gasteiger partial charge < -0.3 is 4.57 Å². The Balaban J connectivity index is 1.13. The lowest BCUT2D eigenvalue weighted by Gasteiger charge is -2.42. The first kappa shape index (κ1) is 36.9. The summed E-state index contributed by atoms with van der Waals surface area (Å²) in [5.41, 5.74) is 13.9. The van der Waals surface area contributed by atoms with Gasteiger partial charge in [0.2, 0.25) is 0 Å². The van der Waals surface area contributed by atoms with Gasteiger partial charge in [-0.05, 0) is 122 Å². The van der Waals surface area contributed by atoms with Crippen LogP contribution in [0.1, 0.15) is 51.7 Å². The van der Waals surface area contributed by atoms with Gasteiger partial charge in [0.15, 0.2) is 17.5 Å². The average molecular weight is 787 g/mol. The second-order valence-electron chi connectivity index (χ2n) is 18.0. The summed E-state index contributed by atoms with van der Waals surface area (Å²) >= 11 is 0. The third-order valence-corrected chi connectivity index (χ3v) is 13.1. The maximum absolute atomic E-state index is 5.34. The van der Waals surface area contributed by atoms with Gasteiger partial charge in [0, 0.05) is 33.2 Å². The van der Waals surface area contributed by atoms with E-state index in [1.54, 1.807) is 0 Å². The van der Waals surface area contributed by atoms with E-state index in [1.807, 2.05) is 0 Å². The smallest absolute Gasteiger partial charge is 0.164 e. The molecule has 0 bridgehead atoms. The lowest BCUT2D eigenvalue weighted by molar-refractivity contribution is 0.332. The van der Waals surface area contributed by atoms with Crippen LogP contribution in [0, 0.1) is 0 Å². The number of nitrogens with zero attached hydrogens (tertiary/aromatic N) is 4. The van der Waals surface area contributed by atoms with Crippen LogP contribution in [0.4, 0.5) is 0 Å². The minimum Gasteiger partial charge on any atom is -0.309 e. The van der Waals surface area contributed by atoms with Crippen LogP contribution in [0.5, 0.6) is 0 Å². The minimum atomic E-state index is 0.0841. The van der Waals surface area contributed by atoms with E-state index in [4.69, 9.17) is 15.0 Å². The van der Waals surface area contributed by atoms with Crippen molar-refractivity contribution in [1.29, 1.82) is 0 Å². The van der Waals surface area contributed by atoms with Crippen LogP contribution in [0.2, 0.25) is 0 Å². The molecule has 61 heavy (non-hydrogen) atoms. The molecule has 4 nitrogen and oxygen atoms in total. The van der Waals surface area contributed by atoms with Gasteiger partial charge in [-0.1, -0.05) is 155 Å². The van der Waals surface area contributed by atoms with Crippen molar-refractivity contribution < 1.29 is 0 Å². The highest BCUT2D eigenvalue weighted by Gasteiger charge is 2.38. The molecule has 1 aliphatic carbocycles. The maximum atomic E-state index is 5.34. The summed E-state index contributed by atoms with van der Waals surface area (Å²) in [6.07, 6.45) is 2.34. The molecule has 0 spiro atoms. The molecule has 0 radical (unpaired) electrons. The molecule has 0 saturated carbocycles. The molecular formula is C57H46N4. The Labute approximate surface area is 357 Å². The highest BCUT2D eigenvalue weighted by Crippen LogP contribution is 2.48. The van der Waals surface area contributed by atoms with Crippen LogP contribution in [0.15, 0.2) is 182 Å². The van der Waals surface area contributed by atoms with Gasteiger partial charge in [-0.3, -0.25) is 0 Å². The summed E-state index contributed by atoms with van der Waals surface area (Å²) in [5, 5.41) is 4.87. The van der Waals surface area contributed by atoms with Crippen molar-refractivity contribution in [2.45, 2.75) is 51.4 Å². The molecule has 2 heterocycles. The number of hydrogen-bond donors (Lipinski definition) is 0. The predicted octanol–water partition coefficient (Wildman–Crippen LogP) is 14.8. The summed E-state index contributed by atoms with van der Waals surface area (Å²) in [6, 6.07) is 65.2. The summed E-state index contributed by atoms with van der Waals surface area (Å²) in [7, 11) is 0. The Kier molecular flexibility index (Phi) is 8.61. The van der Waals surface area contributed by atoms with Gasteiger partial charge in [-0.2, -0.15) is 0 Å². The van der Waals surface area contributed by atoms with Crippen molar-refractivity contribution in [2.75, 3.05) is 0 Å². The molecule has 10 aromatic rings. The van der Waals surface area contributed by atoms with Crippen molar-refractivity contribution in [3.05, 3.63) is 193 Å². The first-order valence-electron chi connectivity index (χ1n) is 21.4. The van der Waals surface area contributed by atoms with Crippen molar-refractivity contribution in [3.63, 3.8) is 0 Å². The number of aromatic nitrogens is 4. The summed E-state index contributed by atoms with van der Waals surface area (Å²) in [5.74, 6) is 1.89. The largest absolute Gasteiger partial charge is 0.309 e. The zero-order valence-corrected chi connectivity index (χ0v) is 35.0. The fourth-order valence-corrected chi connectivity index (χ4v) is 9.53. The molecule has 11 rings (SSSR count). The molecule has 0 aliphatic heterocycles. The molecule has 0 atom stereocenters. The summed E-state index contributed by atoms with van der Waals surface area (Å²) in [6.45, 7) is 9.63. The quantitative estimate of drug-likeness (QED) is 0.169. The Morgan fingerprint density at radius 2 is 0.885 bits per heavy atom. The Bertz CT molecular complexity index is 3240. The molecule has 0 N–H and O–H groups in total. The maximum Gasteiger partial charge on any atom is 0.164 e. The fourth-order valence-electron chi connectivity index (χ4n) is 9.53. The summed E-state index contributed by atoms with van der Waals surface area (Å²) < 4.78 is 2.44. The third kappa shape index (κ3) is 6.51. The van der Waals surface area contributed by atoms with Gasteiger partial charge in [0.25, 0.3) is 0 Å². The Hall–Kier alpha value is -7.17. The zero-order valence-electron chi connectivity index (χ0n) is 35.0. The third-order valence-electron chi connectivity index (χ3n) is 13.1. The number of hydrogen-bond acceptors (Lipinski definition) is 3. The van der Waals surface area contributed by atoms with Crippen LogP contribution < -0.4 is 0 Å². The van der Waals surface area contributed by atoms with E-state index in [-0.39, 0.29) is 10.8 Å². The number of benzene rings is 8. The van der Waals surface area contributed by atoms with Gasteiger partial charge in [-0.25, -0.2) is 15.0 Å². The zero-order chi connectivity index (χ0) is 41.3. The number of para-hydroxylation sites is 1. The van der Waals surface area contributed by atoms with Crippen LogP contribution in [0.3, 0.4) is 0 Å². The normalized spacial score (nSPS) is 14.4. The SMILES string of the molecule is CC1(C)CCC(C)(C)c2cc3c(cc21)c1ccccc1n3-c1cccc(-c2nc(-c3cc(-c4ccccc4)cc(-c4ccccc4)c3)nc(-c3ccc4ccccc4c3)n2)c1. The molecule has 4 heteroatoms. The first-order chi connectivity index (χ1) is 29.7. The average Bonchev–Trinajstić information content (AvgIpc) is 3.64. The highest BCUT2D eigenvalue weighted by atomic mass is 15.0. The number of fused-ring (bicyclic) bond motifs is 5. The van der Waals surface area contributed by atoms with Gasteiger partial charge in [-0.15, -0.1) is 0 Å². The van der Waals surface area contributed by atoms with E-state index in [9.17, 15) is 0 Å². The fraction of sp³-hybridized carbons (Fsp3) is 0.140. The molecule has 294 valence electrons. The van der Waals surface area contributed by atoms with E-state index in [1.165, 1.54) is 44.7 Å². The van der Waals surface area contributed by atoms with E-state index in [0.29, 0.717) is 17.5 Å². The van der Waals surface area contributed by atoms with Crippen molar-refractivity contribution >= 4 is 32.6 Å². The van der Waals surface area contributed by atoms with E-state index < -0.39 is 0 Å². The van der Waals surface area contributed by atoms with Crippen LogP contribution in [-0.2, 0) is 10.8 Å². The monoisotopic (exact) mass is 786 g/mol. The van der Waals surface area contributed by atoms with Gasteiger partial charge in [0.05, 0.1) is 11.0 Å². The van der Waals surface area contributed by atoms with Gasteiger partial charge in [0.1, 0.15) is 0 Å². The first-order valence-corrected chi connectivity index (χ1v) is 21.4. The molecule has 8 aromatic carbocycles. The van der Waals surface area contributed by atoms with Crippen molar-refractivity contribution in [2.24, 2.45) is 0 Å². The van der Waals surface area contributed by atoms with Crippen LogP contribution in [-0.4, -0.2) is 19.5 Å². The lowest BCUT2D eigenvalue weighted by Crippen LogP contribution is -2.33. The molecule has 0 saturated heterocycles. The second-order valence-corrected chi connectivity index (χ2v) is 18.0. The topological polar surface area (TPSA) is 43.6 Å². The number of rotatable bonds is 6. The standard InChI is InChI=1S/C57H46N4/c1-56(2)28-29-57(3,4)50-36-52-48(35-49(50)56)47-24-13-14-25-51(47)61(52)46-23-15-22-41(34-46)53-58-54(42-27-26-39-20-11-12-21-40(39)30-42)60-55(59-53)45-32-43(37-16-7-5-8-17-37)31-44(33-45)38-18-9-6-10-19-38/h5-27,30-36H,28-29H2,1-4H3. The Morgan fingerprint density at radius 1 is 0.361 bits per heavy atom. The predicted molar refractivity (Wildman–Crippen MR) is 254 cm³/mol. The van der Waals surface area contributed by atoms with Gasteiger partial charge >= 0.3 is 0 Å². The van der Waals surface area contributed by atoms with Crippen molar-refractivity contribution in [3.8, 4) is 62.1 Å². The summed E-state index contributed by atoms with van der Waals surface area (Å²) in [4.78, 5) is 15.9. The molecule has 0 amide bonds. The molecular weight excluding hydrogens is 741 g/mol. The van der Waals surface area contributed by atoms with Crippen molar-refractivity contribution in [1.82, 2.24) is 19.5 Å². The lowest BCUT2D eigenvalue weighted by atomic mass is 9.63. The van der Waals surface area contributed by atoms with Crippen LogP contribution in [0.25, 0.3) is 94.7 Å². The van der Waals surface area contributed by atoms with E-state index >= 15 is 0 Å². The Morgan fingerprint density at radius 3 is 1.56 bits per heavy atom. The molecule has 2 aromatic heterocycles. The molecule has 0 fully saturated rings. The minimum absolute atomic E-state index is 0.0841. The van der Waals surface area contributed by atoms with E-state index in [2.05, 4.69) is 214 Å². The molecule has 1 aliphatic rings. The molecule has 0 unspecified atom stereocenters.